The van der Waals surface area contributed by atoms with Crippen molar-refractivity contribution in [3.63, 3.8) is 0 Å². The van der Waals surface area contributed by atoms with Gasteiger partial charge in [0.05, 0.1) is 11.1 Å². The topological polar surface area (TPSA) is 106 Å². The highest BCUT2D eigenvalue weighted by Gasteiger charge is 2.09. The Morgan fingerprint density at radius 2 is 2.04 bits per heavy atom. The molecule has 0 amide bonds. The number of halogens is 1. The lowest BCUT2D eigenvalue weighted by atomic mass is 10.1. The van der Waals surface area contributed by atoms with Gasteiger partial charge in [-0.1, -0.05) is 23.7 Å². The Balaban J connectivity index is 2.09. The van der Waals surface area contributed by atoms with E-state index in [1.807, 2.05) is 24.3 Å². The minimum absolute atomic E-state index is 0.0129. The Kier molecular flexibility index (Phi) is 6.67. The number of hydrogen-bond donors (Lipinski definition) is 3. The molecule has 0 heterocycles. The summed E-state index contributed by atoms with van der Waals surface area (Å²) >= 11 is 10.5. The number of hydrogen-bond acceptors (Lipinski definition) is 5. The molecular weight excluding hydrogens is 362 g/mol. The molecule has 0 bridgehead atoms. The summed E-state index contributed by atoms with van der Waals surface area (Å²) in [6.45, 7) is 0.642. The van der Waals surface area contributed by atoms with Gasteiger partial charge in [0.25, 0.3) is 5.69 Å². The zero-order chi connectivity index (χ0) is 18.2. The van der Waals surface area contributed by atoms with Crippen LogP contribution in [0.1, 0.15) is 11.1 Å². The molecule has 130 valence electrons. The molecule has 0 radical (unpaired) electrons. The minimum atomic E-state index is -0.462. The van der Waals surface area contributed by atoms with Crippen molar-refractivity contribution < 1.29 is 4.92 Å². The van der Waals surface area contributed by atoms with E-state index in [1.54, 1.807) is 6.07 Å². The standard InChI is InChI=1S/C16H16ClN5O2S/c17-13-3-1-11(2-4-13)7-8-19-15-6-5-14(22(23)24)9-12(15)10-20-21-16(18)25/h1-6,9-10,19H,7-8H2,(H3,18,21,25). The summed E-state index contributed by atoms with van der Waals surface area (Å²) in [5.41, 5.74) is 10.1. The van der Waals surface area contributed by atoms with Gasteiger partial charge in [-0.05, 0) is 42.4 Å². The van der Waals surface area contributed by atoms with Crippen LogP contribution >= 0.6 is 23.8 Å². The van der Waals surface area contributed by atoms with Crippen molar-refractivity contribution in [2.45, 2.75) is 6.42 Å². The maximum atomic E-state index is 10.9. The van der Waals surface area contributed by atoms with E-state index < -0.39 is 4.92 Å². The summed E-state index contributed by atoms with van der Waals surface area (Å²) in [4.78, 5) is 10.5. The summed E-state index contributed by atoms with van der Waals surface area (Å²) in [5, 5.41) is 18.8. The molecule has 4 N–H and O–H groups in total. The van der Waals surface area contributed by atoms with Crippen molar-refractivity contribution in [2.24, 2.45) is 10.8 Å². The van der Waals surface area contributed by atoms with Crippen LogP contribution in [0.4, 0.5) is 11.4 Å². The molecule has 0 aliphatic carbocycles. The van der Waals surface area contributed by atoms with Gasteiger partial charge in [-0.3, -0.25) is 15.5 Å². The third-order valence-corrected chi connectivity index (χ3v) is 3.61. The normalized spacial score (nSPS) is 10.6. The molecule has 0 aliphatic rings. The fraction of sp³-hybridized carbons (Fsp3) is 0.125. The van der Waals surface area contributed by atoms with Gasteiger partial charge in [0.2, 0.25) is 0 Å². The van der Waals surface area contributed by atoms with Gasteiger partial charge >= 0.3 is 0 Å². The number of rotatable bonds is 7. The van der Waals surface area contributed by atoms with Crippen LogP contribution in [0.3, 0.4) is 0 Å². The van der Waals surface area contributed by atoms with Crippen LogP contribution in [0.2, 0.25) is 5.02 Å². The van der Waals surface area contributed by atoms with Crippen molar-refractivity contribution in [1.82, 2.24) is 5.43 Å². The van der Waals surface area contributed by atoms with Gasteiger partial charge in [0, 0.05) is 35.0 Å². The second-order valence-corrected chi connectivity index (χ2v) is 5.94. The maximum absolute atomic E-state index is 10.9. The predicted molar refractivity (Wildman–Crippen MR) is 104 cm³/mol. The van der Waals surface area contributed by atoms with E-state index in [0.29, 0.717) is 22.8 Å². The summed E-state index contributed by atoms with van der Waals surface area (Å²) in [5.74, 6) is 0. The fourth-order valence-electron chi connectivity index (χ4n) is 2.09. The number of benzene rings is 2. The highest BCUT2D eigenvalue weighted by molar-refractivity contribution is 7.80. The SMILES string of the molecule is NC(=S)NN=Cc1cc([N+](=O)[O-])ccc1NCCc1ccc(Cl)cc1. The van der Waals surface area contributed by atoms with E-state index >= 15 is 0 Å². The number of hydrazone groups is 1. The zero-order valence-corrected chi connectivity index (χ0v) is 14.7. The third kappa shape index (κ3) is 6.02. The molecular formula is C16H16ClN5O2S. The Morgan fingerprint density at radius 1 is 1.32 bits per heavy atom. The summed E-state index contributed by atoms with van der Waals surface area (Å²) < 4.78 is 0. The number of nitrogens with zero attached hydrogens (tertiary/aromatic N) is 2. The van der Waals surface area contributed by atoms with Gasteiger partial charge in [0.15, 0.2) is 5.11 Å². The van der Waals surface area contributed by atoms with Crippen molar-refractivity contribution in [2.75, 3.05) is 11.9 Å². The van der Waals surface area contributed by atoms with E-state index in [0.717, 1.165) is 12.0 Å². The fourth-order valence-corrected chi connectivity index (χ4v) is 2.27. The number of non-ortho nitro benzene ring substituents is 1. The molecule has 0 fully saturated rings. The molecule has 0 saturated carbocycles. The van der Waals surface area contributed by atoms with Gasteiger partial charge in [0.1, 0.15) is 0 Å². The summed E-state index contributed by atoms with van der Waals surface area (Å²) in [6, 6.07) is 12.1. The van der Waals surface area contributed by atoms with Gasteiger partial charge in [-0.25, -0.2) is 0 Å². The highest BCUT2D eigenvalue weighted by atomic mass is 35.5. The second-order valence-electron chi connectivity index (χ2n) is 5.07. The first-order chi connectivity index (χ1) is 12.0. The maximum Gasteiger partial charge on any atom is 0.270 e. The quantitative estimate of drug-likeness (QED) is 0.296. The Labute approximate surface area is 155 Å². The van der Waals surface area contributed by atoms with Crippen LogP contribution in [-0.2, 0) is 6.42 Å². The van der Waals surface area contributed by atoms with E-state index in [9.17, 15) is 10.1 Å². The molecule has 2 rings (SSSR count). The number of nitrogens with one attached hydrogen (secondary N) is 2. The first-order valence-corrected chi connectivity index (χ1v) is 8.09. The van der Waals surface area contributed by atoms with Crippen molar-refractivity contribution in [1.29, 1.82) is 0 Å². The molecule has 0 aliphatic heterocycles. The lowest BCUT2D eigenvalue weighted by Gasteiger charge is -2.10. The first-order valence-electron chi connectivity index (χ1n) is 7.31. The Bertz CT molecular complexity index is 796. The number of anilines is 1. The minimum Gasteiger partial charge on any atom is -0.384 e. The molecule has 7 nitrogen and oxygen atoms in total. The van der Waals surface area contributed by atoms with E-state index in [1.165, 1.54) is 18.3 Å². The highest BCUT2D eigenvalue weighted by Crippen LogP contribution is 2.21. The first kappa shape index (κ1) is 18.6. The average molecular weight is 378 g/mol. The molecule has 0 aromatic heterocycles. The lowest BCUT2D eigenvalue weighted by molar-refractivity contribution is -0.384. The number of thiocarbonyl (C=S) groups is 1. The molecule has 2 aromatic carbocycles. The second kappa shape index (κ2) is 8.95. The van der Waals surface area contributed by atoms with Crippen molar-refractivity contribution in [3.05, 3.63) is 68.7 Å². The van der Waals surface area contributed by atoms with E-state index in [-0.39, 0.29) is 10.8 Å². The summed E-state index contributed by atoms with van der Waals surface area (Å²) in [6.07, 6.45) is 2.20. The largest absolute Gasteiger partial charge is 0.384 e. The Morgan fingerprint density at radius 3 is 2.68 bits per heavy atom. The molecule has 25 heavy (non-hydrogen) atoms. The summed E-state index contributed by atoms with van der Waals surface area (Å²) in [7, 11) is 0. The van der Waals surface area contributed by atoms with Crippen LogP contribution < -0.4 is 16.5 Å². The smallest absolute Gasteiger partial charge is 0.270 e. The van der Waals surface area contributed by atoms with Gasteiger partial charge < -0.3 is 11.1 Å². The molecule has 9 heteroatoms. The molecule has 0 atom stereocenters. The lowest BCUT2D eigenvalue weighted by Crippen LogP contribution is -2.24. The van der Waals surface area contributed by atoms with Crippen LogP contribution in [-0.4, -0.2) is 22.8 Å². The van der Waals surface area contributed by atoms with Gasteiger partial charge in [-0.15, -0.1) is 0 Å². The monoisotopic (exact) mass is 377 g/mol. The van der Waals surface area contributed by atoms with Crippen molar-refractivity contribution >= 4 is 46.5 Å². The van der Waals surface area contributed by atoms with E-state index in [2.05, 4.69) is 28.1 Å². The number of nitrogens with two attached hydrogens (primary N) is 1. The zero-order valence-electron chi connectivity index (χ0n) is 13.1. The molecule has 0 spiro atoms. The predicted octanol–water partition coefficient (Wildman–Crippen LogP) is 3.07. The van der Waals surface area contributed by atoms with Crippen LogP contribution in [0.5, 0.6) is 0 Å². The Hall–Kier alpha value is -2.71. The van der Waals surface area contributed by atoms with Gasteiger partial charge in [-0.2, -0.15) is 5.10 Å². The molecule has 0 unspecified atom stereocenters. The van der Waals surface area contributed by atoms with Crippen LogP contribution in [0.25, 0.3) is 0 Å². The van der Waals surface area contributed by atoms with E-state index in [4.69, 9.17) is 17.3 Å². The van der Waals surface area contributed by atoms with Crippen LogP contribution in [0, 0.1) is 10.1 Å². The number of nitro groups is 1. The average Bonchev–Trinajstić information content (AvgIpc) is 2.57. The molecule has 0 saturated heterocycles. The third-order valence-electron chi connectivity index (χ3n) is 3.27. The van der Waals surface area contributed by atoms with Crippen LogP contribution in [0.15, 0.2) is 47.6 Å². The molecule has 2 aromatic rings. The van der Waals surface area contributed by atoms with Crippen molar-refractivity contribution in [3.8, 4) is 0 Å². The number of nitro benzene ring substituents is 1.